The number of halogens is 7. The molecule has 0 bridgehead atoms. The van der Waals surface area contributed by atoms with Crippen molar-refractivity contribution in [2.75, 3.05) is 16.4 Å². The highest BCUT2D eigenvalue weighted by atomic mass is 32.1. The van der Waals surface area contributed by atoms with Crippen LogP contribution in [0.5, 0.6) is 0 Å². The summed E-state index contributed by atoms with van der Waals surface area (Å²) in [5.74, 6) is -6.47. The highest BCUT2D eigenvalue weighted by Crippen LogP contribution is 2.40. The normalized spacial score (nSPS) is 10.9. The van der Waals surface area contributed by atoms with Crippen molar-refractivity contribution in [2.24, 2.45) is 14.1 Å². The van der Waals surface area contributed by atoms with Gasteiger partial charge < -0.3 is 16.4 Å². The van der Waals surface area contributed by atoms with Gasteiger partial charge in [-0.15, -0.1) is 56.7 Å². The van der Waals surface area contributed by atoms with Gasteiger partial charge >= 0.3 is 0 Å². The Morgan fingerprint density at radius 1 is 0.333 bits per heavy atom. The number of pyridine rings is 8. The molecule has 0 aliphatic rings. The zero-order valence-corrected chi connectivity index (χ0v) is 86.4. The van der Waals surface area contributed by atoms with Gasteiger partial charge in [0.2, 0.25) is 0 Å². The summed E-state index contributed by atoms with van der Waals surface area (Å²) in [5.41, 5.74) is 22.1. The second kappa shape index (κ2) is 48.6. The number of carbonyl (C=O) groups excluding carboxylic acids is 5. The van der Waals surface area contributed by atoms with Crippen molar-refractivity contribution in [3.8, 4) is 98.6 Å². The lowest BCUT2D eigenvalue weighted by molar-refractivity contribution is 0.0980. The molecule has 150 heavy (non-hydrogen) atoms. The van der Waals surface area contributed by atoms with Crippen molar-refractivity contribution in [3.63, 3.8) is 0 Å². The summed E-state index contributed by atoms with van der Waals surface area (Å²) in [6.45, 7) is 15.1. The third-order valence-electron chi connectivity index (χ3n) is 23.6. The molecule has 15 heterocycles. The number of anilines is 3. The first kappa shape index (κ1) is 106. The SMILES string of the molecule is CCc1sc(-c2ccc(N)nc2)nc1-c1ccc(CC(=O)c2cccc(F)c2C)nc1.CCc1sc(-c2cccnc2)nc1-c1ccc(CC(=O)c2cccc(F)c2C)nc1.Cc1cccc(F)c1C(=O)Cc1ccc(-c2nc(-c3cnn(C)c3)sc2C)cn1.Cc1sc(-c2cnn(C)c2)nc1-c1ccc(NC(=O)c2c(F)cccc2F)nc1.Cc1sc(CCc2cccnc2)nc1-c1ccc(NC(=O)c2c(F)cccc2F)nc1. The van der Waals surface area contributed by atoms with E-state index in [9.17, 15) is 54.7 Å². The molecule has 0 aliphatic carbocycles. The first-order chi connectivity index (χ1) is 72.4. The number of Topliss-reactive ketones (excluding diaryl/α,β-unsaturated/α-hetero) is 3. The van der Waals surface area contributed by atoms with Gasteiger partial charge in [0.1, 0.15) is 89.3 Å². The maximum atomic E-state index is 14.0. The Kier molecular flexibility index (Phi) is 34.3. The second-order valence-electron chi connectivity index (χ2n) is 34.2. The van der Waals surface area contributed by atoms with Crippen LogP contribution in [-0.4, -0.2) is 114 Å². The molecule has 20 aromatic rings. The Labute approximate surface area is 877 Å². The molecule has 0 aliphatic heterocycles. The van der Waals surface area contributed by atoms with Crippen LogP contribution in [0.2, 0.25) is 0 Å². The number of nitrogens with one attached hydrogen (secondary N) is 2. The Bertz CT molecular complexity index is 8000. The third-order valence-corrected chi connectivity index (χ3v) is 29.1. The molecule has 0 fully saturated rings. The average molecular weight is 2100 g/mol. The van der Waals surface area contributed by atoms with Crippen molar-refractivity contribution in [1.82, 2.24) is 84.4 Å². The molecule has 0 saturated carbocycles. The van der Waals surface area contributed by atoms with E-state index in [0.29, 0.717) is 50.7 Å². The largest absolute Gasteiger partial charge is 0.384 e. The number of ketones is 3. The molecule has 2 amide bonds. The molecule has 0 spiro atoms. The van der Waals surface area contributed by atoms with E-state index in [4.69, 9.17) is 25.7 Å². The van der Waals surface area contributed by atoms with Crippen molar-refractivity contribution in [1.29, 1.82) is 0 Å². The molecule has 5 aromatic carbocycles. The minimum atomic E-state index is -0.930. The van der Waals surface area contributed by atoms with Crippen LogP contribution in [0.4, 0.5) is 48.2 Å². The number of amides is 2. The van der Waals surface area contributed by atoms with E-state index in [0.717, 1.165) is 179 Å². The smallest absolute Gasteiger partial charge is 0.262 e. The average Bonchev–Trinajstić information content (AvgIpc) is 1.65. The molecule has 20 rings (SSSR count). The fraction of sp³-hybridized carbons (Fsp3) is 0.150. The van der Waals surface area contributed by atoms with Crippen LogP contribution in [0.15, 0.2) is 275 Å². The van der Waals surface area contributed by atoms with E-state index >= 15 is 0 Å². The van der Waals surface area contributed by atoms with E-state index in [2.05, 4.69) is 79.5 Å². The molecule has 0 atom stereocenters. The van der Waals surface area contributed by atoms with Gasteiger partial charge in [0.05, 0.1) is 70.7 Å². The number of aromatic nitrogens is 17. The molecule has 25 nitrogen and oxygen atoms in total. The van der Waals surface area contributed by atoms with E-state index in [1.807, 2.05) is 120 Å². The van der Waals surface area contributed by atoms with Gasteiger partial charge in [-0.25, -0.2) is 70.6 Å². The van der Waals surface area contributed by atoms with Gasteiger partial charge in [-0.05, 0) is 217 Å². The van der Waals surface area contributed by atoms with Crippen LogP contribution in [0.3, 0.4) is 0 Å². The summed E-state index contributed by atoms with van der Waals surface area (Å²) < 4.78 is 100. The van der Waals surface area contributed by atoms with E-state index in [-0.39, 0.29) is 65.4 Å². The number of nitrogens with two attached hydrogens (primary N) is 1. The molecule has 15 aromatic heterocycles. The number of benzene rings is 5. The maximum absolute atomic E-state index is 14.0. The zero-order chi connectivity index (χ0) is 106. The van der Waals surface area contributed by atoms with E-state index < -0.39 is 52.0 Å². The highest BCUT2D eigenvalue weighted by Gasteiger charge is 2.26. The number of carbonyl (C=O) groups is 5. The van der Waals surface area contributed by atoms with Gasteiger partial charge in [-0.1, -0.05) is 68.4 Å². The number of rotatable bonds is 27. The van der Waals surface area contributed by atoms with Crippen LogP contribution in [-0.2, 0) is 59.0 Å². The van der Waals surface area contributed by atoms with E-state index in [1.54, 1.807) is 222 Å². The molecular formula is C113H93F7N20O5S5. The molecule has 0 unspecified atom stereocenters. The summed E-state index contributed by atoms with van der Waals surface area (Å²) in [6.07, 6.45) is 28.3. The van der Waals surface area contributed by atoms with Crippen LogP contribution >= 0.6 is 56.7 Å². The summed E-state index contributed by atoms with van der Waals surface area (Å²) in [4.78, 5) is 125. The Balaban J connectivity index is 0.000000133. The Hall–Kier alpha value is -16.9. The van der Waals surface area contributed by atoms with Gasteiger partial charge in [-0.2, -0.15) is 10.2 Å². The fourth-order valence-corrected chi connectivity index (χ4v) is 20.6. The van der Waals surface area contributed by atoms with Crippen LogP contribution in [0.1, 0.15) is 134 Å². The zero-order valence-electron chi connectivity index (χ0n) is 82.3. The molecule has 0 saturated heterocycles. The first-order valence-corrected chi connectivity index (χ1v) is 51.0. The number of hydrogen-bond donors (Lipinski definition) is 3. The van der Waals surface area contributed by atoms with Gasteiger partial charge in [0.25, 0.3) is 11.8 Å². The quantitative estimate of drug-likeness (QED) is 0.0318. The van der Waals surface area contributed by atoms with Crippen molar-refractivity contribution >= 4 is 103 Å². The molecule has 0 radical (unpaired) electrons. The third kappa shape index (κ3) is 26.0. The van der Waals surface area contributed by atoms with Crippen molar-refractivity contribution < 1.29 is 54.7 Å². The number of thiazole rings is 5. The lowest BCUT2D eigenvalue weighted by Crippen LogP contribution is -2.16. The predicted octanol–water partition coefficient (Wildman–Crippen LogP) is 25.4. The number of nitrogens with zero attached hydrogens (tertiary/aromatic N) is 17. The van der Waals surface area contributed by atoms with Crippen LogP contribution in [0.25, 0.3) is 98.6 Å². The highest BCUT2D eigenvalue weighted by molar-refractivity contribution is 7.16. The lowest BCUT2D eigenvalue weighted by Gasteiger charge is -2.07. The second-order valence-corrected chi connectivity index (χ2v) is 40.0. The Morgan fingerprint density at radius 3 is 1.10 bits per heavy atom. The first-order valence-electron chi connectivity index (χ1n) is 46.9. The van der Waals surface area contributed by atoms with E-state index in [1.165, 1.54) is 35.2 Å². The monoisotopic (exact) mass is 2100 g/mol. The van der Waals surface area contributed by atoms with Gasteiger partial charge in [0, 0.05) is 198 Å². The standard InChI is InChI=1S/C24H21FN4OS.C24H20FN3OS.C23H18F2N4OS.C22H19FN4OS.C20H15F2N5OS/c1-3-21-23(29-24(31-21)16-8-10-22(26)28-13-16)15-7-9-17(27-12-15)11-20(30)18-5-4-6-19(25)14(18)2;1-3-22-23(28-24(30-22)17-6-5-11-26-13-17)16-9-10-18(27-14-16)12-21(29)19-7-4-8-20(25)15(19)2;1-14-22(29-20(31-14)10-7-15-4-3-11-26-12-15)16-8-9-19(27-13-16)28-23(30)21-17(24)5-2-6-18(21)25;1-13-5-4-6-18(23)20(13)19(28)9-17-8-7-15(10-24-17)21-14(2)29-22(26-21)16-11-25-27(3)12-16;1-11-18(26-20(29-11)13-9-24-27(2)10-13)12-6-7-16(23-8-12)25-19(28)17-14(21)4-3-5-15(17)22/h4-10,12-13H,3,11H2,1-2H3,(H2,26,28);4-11,13-14H,3,12H2,1-2H3;2-6,8-9,11-13H,7,10H2,1H3,(H,27,28,30);4-8,10-12H,9H2,1-3H3;3-10H,1-2H3,(H,23,25,28). The molecule has 754 valence electrons. The van der Waals surface area contributed by atoms with Crippen molar-refractivity contribution in [2.45, 2.75) is 100 Å². The van der Waals surface area contributed by atoms with Crippen LogP contribution < -0.4 is 16.4 Å². The topological polar surface area (TPSA) is 339 Å². The number of hydrogen-bond acceptors (Lipinski definition) is 26. The van der Waals surface area contributed by atoms with Crippen LogP contribution in [0, 0.1) is 82.3 Å². The van der Waals surface area contributed by atoms with Crippen molar-refractivity contribution in [3.05, 3.63) is 412 Å². The Morgan fingerprint density at radius 2 is 0.707 bits per heavy atom. The fourth-order valence-electron chi connectivity index (χ4n) is 15.8. The lowest BCUT2D eigenvalue weighted by atomic mass is 10.0. The summed E-state index contributed by atoms with van der Waals surface area (Å²) in [7, 11) is 3.71. The maximum Gasteiger partial charge on any atom is 0.262 e. The minimum absolute atomic E-state index is 0.0546. The summed E-state index contributed by atoms with van der Waals surface area (Å²) in [6, 6.07) is 49.7. The molecule has 37 heteroatoms. The summed E-state index contributed by atoms with van der Waals surface area (Å²) >= 11 is 8.05. The molecule has 4 N–H and O–H groups in total. The predicted molar refractivity (Wildman–Crippen MR) is 573 cm³/mol. The number of nitrogen functional groups attached to an aromatic ring is 1. The number of aryl methyl sites for hydroxylation is 10. The molecular weight excluding hydrogens is 2010 g/mol. The van der Waals surface area contributed by atoms with Gasteiger partial charge in [0.15, 0.2) is 17.3 Å². The van der Waals surface area contributed by atoms with Gasteiger partial charge in [-0.3, -0.25) is 58.3 Å². The summed E-state index contributed by atoms with van der Waals surface area (Å²) in [5, 5.41) is 17.8. The minimum Gasteiger partial charge on any atom is -0.384 e.